The molecule has 3 heterocycles. The Bertz CT molecular complexity index is 1370. The summed E-state index contributed by atoms with van der Waals surface area (Å²) in [4.78, 5) is 28.2. The van der Waals surface area contributed by atoms with Gasteiger partial charge in [0.05, 0.1) is 12.2 Å². The number of rotatable bonds is 6. The summed E-state index contributed by atoms with van der Waals surface area (Å²) in [6.45, 7) is 0.697. The van der Waals surface area contributed by atoms with Crippen molar-refractivity contribution in [3.8, 4) is 0 Å². The van der Waals surface area contributed by atoms with Crippen molar-refractivity contribution < 1.29 is 9.59 Å². The molecule has 164 valence electrons. The van der Waals surface area contributed by atoms with E-state index in [-0.39, 0.29) is 18.4 Å². The number of anilines is 1. The zero-order chi connectivity index (χ0) is 22.8. The number of carbonyl (C=O) groups is 2. The molecule has 2 aromatic heterocycles. The topological polar surface area (TPSA) is 66.4 Å². The first-order valence-electron chi connectivity index (χ1n) is 10.4. The van der Waals surface area contributed by atoms with Crippen LogP contribution in [0.5, 0.6) is 0 Å². The van der Waals surface area contributed by atoms with Gasteiger partial charge >= 0.3 is 0 Å². The van der Waals surface area contributed by atoms with Crippen LogP contribution in [0.1, 0.15) is 10.4 Å². The summed E-state index contributed by atoms with van der Waals surface area (Å²) in [5.41, 5.74) is 2.87. The number of thiocarbonyl (C=S) groups is 1. The van der Waals surface area contributed by atoms with Gasteiger partial charge < -0.3 is 15.2 Å². The number of hydrogen-bond donors (Lipinski definition) is 2. The van der Waals surface area contributed by atoms with Crippen LogP contribution >= 0.6 is 23.6 Å². The van der Waals surface area contributed by atoms with E-state index in [0.717, 1.165) is 21.3 Å². The lowest BCUT2D eigenvalue weighted by molar-refractivity contribution is -0.121. The lowest BCUT2D eigenvalue weighted by atomic mass is 10.1. The van der Waals surface area contributed by atoms with E-state index in [0.29, 0.717) is 23.0 Å². The Labute approximate surface area is 200 Å². The fourth-order valence-corrected chi connectivity index (χ4v) is 4.78. The van der Waals surface area contributed by atoms with Crippen molar-refractivity contribution in [2.45, 2.75) is 13.1 Å². The second-order valence-electron chi connectivity index (χ2n) is 7.55. The summed E-state index contributed by atoms with van der Waals surface area (Å²) in [7, 11) is 0. The van der Waals surface area contributed by atoms with E-state index >= 15 is 0 Å². The van der Waals surface area contributed by atoms with Gasteiger partial charge in [0.15, 0.2) is 5.11 Å². The highest BCUT2D eigenvalue weighted by Gasteiger charge is 2.32. The van der Waals surface area contributed by atoms with Crippen molar-refractivity contribution >= 4 is 63.1 Å². The molecule has 1 aliphatic rings. The zero-order valence-electron chi connectivity index (χ0n) is 17.5. The first kappa shape index (κ1) is 21.1. The number of benzene rings is 2. The third-order valence-electron chi connectivity index (χ3n) is 5.37. The Hall–Kier alpha value is -3.75. The second kappa shape index (κ2) is 9.01. The largest absolute Gasteiger partial charge is 0.350 e. The summed E-state index contributed by atoms with van der Waals surface area (Å²) in [5.74, 6) is -0.286. The molecule has 0 radical (unpaired) electrons. The molecule has 33 heavy (non-hydrogen) atoms. The van der Waals surface area contributed by atoms with Crippen LogP contribution in [0.25, 0.3) is 17.0 Å². The van der Waals surface area contributed by atoms with Gasteiger partial charge in [0.25, 0.3) is 5.91 Å². The maximum absolute atomic E-state index is 13.1. The minimum atomic E-state index is -0.211. The van der Waals surface area contributed by atoms with Gasteiger partial charge in [0, 0.05) is 27.5 Å². The van der Waals surface area contributed by atoms with Crippen molar-refractivity contribution in [3.05, 3.63) is 94.4 Å². The summed E-state index contributed by atoms with van der Waals surface area (Å²) in [5, 5.41) is 9.28. The van der Waals surface area contributed by atoms with Crippen LogP contribution in [-0.2, 0) is 22.7 Å². The van der Waals surface area contributed by atoms with Gasteiger partial charge in [0.1, 0.15) is 12.2 Å². The zero-order valence-corrected chi connectivity index (χ0v) is 19.2. The molecule has 0 unspecified atom stereocenters. The second-order valence-corrected chi connectivity index (χ2v) is 8.97. The lowest BCUT2D eigenvalue weighted by Gasteiger charge is -2.13. The maximum Gasteiger partial charge on any atom is 0.281 e. The molecule has 0 aliphatic carbocycles. The van der Waals surface area contributed by atoms with Gasteiger partial charge in [-0.15, -0.1) is 11.3 Å². The number of amides is 2. The standard InChI is InChI=1S/C25H20N4O2S2/c30-23(26-14-19-9-6-12-33-19)16-28-15-17(20-10-4-5-11-22(20)28)13-21-24(31)29(25(32)27-21)18-7-2-1-3-8-18/h1-13,15H,14,16H2,(H,26,30)(H,27,32)/b21-13-. The molecule has 0 spiro atoms. The fourth-order valence-electron chi connectivity index (χ4n) is 3.83. The Balaban J connectivity index is 1.41. The Morgan fingerprint density at radius 3 is 2.64 bits per heavy atom. The number of thiophene rings is 1. The molecule has 2 N–H and O–H groups in total. The molecule has 1 aliphatic heterocycles. The van der Waals surface area contributed by atoms with Crippen molar-refractivity contribution in [3.63, 3.8) is 0 Å². The predicted molar refractivity (Wildman–Crippen MR) is 136 cm³/mol. The lowest BCUT2D eigenvalue weighted by Crippen LogP contribution is -2.30. The molecule has 2 aromatic carbocycles. The van der Waals surface area contributed by atoms with E-state index in [4.69, 9.17) is 12.2 Å². The molecule has 1 fully saturated rings. The third-order valence-corrected chi connectivity index (χ3v) is 6.53. The molecule has 4 aromatic rings. The summed E-state index contributed by atoms with van der Waals surface area (Å²) in [6.07, 6.45) is 3.69. The van der Waals surface area contributed by atoms with Crippen LogP contribution in [0.15, 0.2) is 84.0 Å². The number of fused-ring (bicyclic) bond motifs is 1. The normalized spacial score (nSPS) is 14.8. The highest BCUT2D eigenvalue weighted by Crippen LogP contribution is 2.26. The van der Waals surface area contributed by atoms with E-state index in [1.54, 1.807) is 17.4 Å². The molecule has 0 bridgehead atoms. The molecule has 2 amide bonds. The summed E-state index contributed by atoms with van der Waals surface area (Å²) < 4.78 is 1.90. The van der Waals surface area contributed by atoms with Crippen LogP contribution < -0.4 is 15.5 Å². The molecule has 1 saturated heterocycles. The predicted octanol–water partition coefficient (Wildman–Crippen LogP) is 4.28. The number of hydrogen-bond acceptors (Lipinski definition) is 4. The first-order chi connectivity index (χ1) is 16.1. The van der Waals surface area contributed by atoms with Gasteiger partial charge in [-0.05, 0) is 47.9 Å². The summed E-state index contributed by atoms with van der Waals surface area (Å²) >= 11 is 7.02. The van der Waals surface area contributed by atoms with Crippen LogP contribution in [0.3, 0.4) is 0 Å². The van der Waals surface area contributed by atoms with Crippen LogP contribution in [0.2, 0.25) is 0 Å². The number of carbonyl (C=O) groups excluding carboxylic acids is 2. The van der Waals surface area contributed by atoms with E-state index < -0.39 is 0 Å². The van der Waals surface area contributed by atoms with Gasteiger partial charge in [-0.25, -0.2) is 0 Å². The van der Waals surface area contributed by atoms with Crippen molar-refractivity contribution in [2.24, 2.45) is 0 Å². The van der Waals surface area contributed by atoms with Gasteiger partial charge in [-0.3, -0.25) is 14.5 Å². The average molecular weight is 473 g/mol. The molecule has 6 nitrogen and oxygen atoms in total. The molecular weight excluding hydrogens is 452 g/mol. The smallest absolute Gasteiger partial charge is 0.281 e. The van der Waals surface area contributed by atoms with E-state index in [9.17, 15) is 9.59 Å². The maximum atomic E-state index is 13.1. The molecule has 5 rings (SSSR count). The van der Waals surface area contributed by atoms with Crippen LogP contribution in [-0.4, -0.2) is 21.5 Å². The monoisotopic (exact) mass is 472 g/mol. The number of nitrogens with zero attached hydrogens (tertiary/aromatic N) is 2. The van der Waals surface area contributed by atoms with E-state index in [1.807, 2.05) is 82.9 Å². The minimum Gasteiger partial charge on any atom is -0.350 e. The Morgan fingerprint density at radius 1 is 1.06 bits per heavy atom. The molecule has 0 saturated carbocycles. The van der Waals surface area contributed by atoms with Crippen molar-refractivity contribution in [1.29, 1.82) is 0 Å². The fraction of sp³-hybridized carbons (Fsp3) is 0.0800. The number of nitrogens with one attached hydrogen (secondary N) is 2. The first-order valence-corrected chi connectivity index (χ1v) is 11.7. The highest BCUT2D eigenvalue weighted by atomic mass is 32.1. The molecular formula is C25H20N4O2S2. The molecule has 8 heteroatoms. The van der Waals surface area contributed by atoms with Gasteiger partial charge in [-0.1, -0.05) is 42.5 Å². The summed E-state index contributed by atoms with van der Waals surface area (Å²) in [6, 6.07) is 21.1. The number of aromatic nitrogens is 1. The minimum absolute atomic E-state index is 0.0742. The number of para-hydroxylation sites is 2. The third kappa shape index (κ3) is 4.30. The molecule has 0 atom stereocenters. The van der Waals surface area contributed by atoms with Crippen LogP contribution in [0.4, 0.5) is 5.69 Å². The quantitative estimate of drug-likeness (QED) is 0.325. The van der Waals surface area contributed by atoms with Crippen molar-refractivity contribution in [2.75, 3.05) is 4.90 Å². The van der Waals surface area contributed by atoms with Gasteiger partial charge in [0.2, 0.25) is 5.91 Å². The highest BCUT2D eigenvalue weighted by molar-refractivity contribution is 7.80. The van der Waals surface area contributed by atoms with Crippen LogP contribution in [0, 0.1) is 0 Å². The van der Waals surface area contributed by atoms with Gasteiger partial charge in [-0.2, -0.15) is 0 Å². The Morgan fingerprint density at radius 2 is 1.85 bits per heavy atom. The van der Waals surface area contributed by atoms with E-state index in [2.05, 4.69) is 10.6 Å². The SMILES string of the molecule is O=C(Cn1cc(/C=C2\NC(=S)N(c3ccccc3)C2=O)c2ccccc21)NCc1cccs1. The van der Waals surface area contributed by atoms with Crippen molar-refractivity contribution in [1.82, 2.24) is 15.2 Å². The average Bonchev–Trinajstić information content (AvgIpc) is 3.53. The Kier molecular flexibility index (Phi) is 5.77. The van der Waals surface area contributed by atoms with E-state index in [1.165, 1.54) is 4.90 Å².